The van der Waals surface area contributed by atoms with Crippen LogP contribution >= 0.6 is 15.9 Å². The Morgan fingerprint density at radius 1 is 1.32 bits per heavy atom. The lowest BCUT2D eigenvalue weighted by atomic mass is 10.2. The van der Waals surface area contributed by atoms with Crippen LogP contribution in [0, 0.1) is 0 Å². The van der Waals surface area contributed by atoms with Gasteiger partial charge in [-0.1, -0.05) is 15.9 Å². The molecular formula is C14H17BrN2O2. The number of alkyl halides is 1. The van der Waals surface area contributed by atoms with Crippen LogP contribution in [0.1, 0.15) is 11.3 Å². The maximum atomic E-state index is 5.83. The minimum Gasteiger partial charge on any atom is -0.497 e. The summed E-state index contributed by atoms with van der Waals surface area (Å²) < 4.78 is 12.9. The predicted octanol–water partition coefficient (Wildman–Crippen LogP) is 2.95. The van der Waals surface area contributed by atoms with Gasteiger partial charge < -0.3 is 9.47 Å². The van der Waals surface area contributed by atoms with Crippen LogP contribution in [0.25, 0.3) is 0 Å². The monoisotopic (exact) mass is 324 g/mol. The number of ether oxygens (including phenoxy) is 2. The lowest BCUT2D eigenvalue weighted by molar-refractivity contribution is 0.315. The molecule has 0 N–H and O–H groups in total. The molecule has 102 valence electrons. The second-order valence-electron chi connectivity index (χ2n) is 4.15. The standard InChI is InChI=1S/C14H17BrN2O2/c1-17-12(5-7-16-17)6-8-19-14-4-3-13(18-2)9-11(14)10-15/h3-5,7,9H,6,8,10H2,1-2H3. The van der Waals surface area contributed by atoms with Crippen LogP contribution in [0.3, 0.4) is 0 Å². The molecule has 0 bridgehead atoms. The Labute approximate surface area is 121 Å². The molecule has 0 amide bonds. The molecule has 0 atom stereocenters. The zero-order valence-corrected chi connectivity index (χ0v) is 12.7. The Bertz CT molecular complexity index is 540. The summed E-state index contributed by atoms with van der Waals surface area (Å²) in [4.78, 5) is 0. The summed E-state index contributed by atoms with van der Waals surface area (Å²) in [6.45, 7) is 0.631. The minimum atomic E-state index is 0.631. The molecule has 0 saturated heterocycles. The first-order valence-corrected chi connectivity index (χ1v) is 7.19. The van der Waals surface area contributed by atoms with E-state index >= 15 is 0 Å². The van der Waals surface area contributed by atoms with Gasteiger partial charge >= 0.3 is 0 Å². The van der Waals surface area contributed by atoms with Crippen molar-refractivity contribution in [3.63, 3.8) is 0 Å². The Balaban J connectivity index is 1.97. The van der Waals surface area contributed by atoms with Crippen LogP contribution in [0.4, 0.5) is 0 Å². The summed E-state index contributed by atoms with van der Waals surface area (Å²) >= 11 is 3.46. The van der Waals surface area contributed by atoms with E-state index in [4.69, 9.17) is 9.47 Å². The molecule has 0 spiro atoms. The molecule has 0 unspecified atom stereocenters. The van der Waals surface area contributed by atoms with Crippen molar-refractivity contribution in [1.29, 1.82) is 0 Å². The molecule has 0 radical (unpaired) electrons. The third-order valence-electron chi connectivity index (χ3n) is 2.95. The predicted molar refractivity (Wildman–Crippen MR) is 78.0 cm³/mol. The van der Waals surface area contributed by atoms with Gasteiger partial charge in [-0.3, -0.25) is 4.68 Å². The Hall–Kier alpha value is -1.49. The second-order valence-corrected chi connectivity index (χ2v) is 4.71. The van der Waals surface area contributed by atoms with E-state index in [0.29, 0.717) is 6.61 Å². The van der Waals surface area contributed by atoms with Crippen LogP contribution in [-0.4, -0.2) is 23.5 Å². The summed E-state index contributed by atoms with van der Waals surface area (Å²) in [5.41, 5.74) is 2.25. The zero-order valence-electron chi connectivity index (χ0n) is 11.1. The van der Waals surface area contributed by atoms with Crippen molar-refractivity contribution in [1.82, 2.24) is 9.78 Å². The maximum Gasteiger partial charge on any atom is 0.123 e. The van der Waals surface area contributed by atoms with Crippen molar-refractivity contribution >= 4 is 15.9 Å². The fourth-order valence-corrected chi connectivity index (χ4v) is 2.28. The maximum absolute atomic E-state index is 5.83. The quantitative estimate of drug-likeness (QED) is 0.766. The topological polar surface area (TPSA) is 36.3 Å². The molecule has 0 aliphatic carbocycles. The van der Waals surface area contributed by atoms with Crippen molar-refractivity contribution in [3.8, 4) is 11.5 Å². The van der Waals surface area contributed by atoms with E-state index in [1.807, 2.05) is 36.0 Å². The summed E-state index contributed by atoms with van der Waals surface area (Å²) in [6, 6.07) is 7.83. The molecule has 1 aromatic carbocycles. The van der Waals surface area contributed by atoms with Gasteiger partial charge in [0, 0.05) is 36.3 Å². The highest BCUT2D eigenvalue weighted by Gasteiger charge is 2.05. The van der Waals surface area contributed by atoms with Gasteiger partial charge in [0.1, 0.15) is 11.5 Å². The van der Waals surface area contributed by atoms with Gasteiger partial charge in [0.25, 0.3) is 0 Å². The van der Waals surface area contributed by atoms with E-state index in [1.165, 1.54) is 0 Å². The number of nitrogens with zero attached hydrogens (tertiary/aromatic N) is 2. The largest absolute Gasteiger partial charge is 0.497 e. The summed E-state index contributed by atoms with van der Waals surface area (Å²) in [5.74, 6) is 1.73. The first kappa shape index (κ1) is 13.9. The van der Waals surface area contributed by atoms with E-state index in [-0.39, 0.29) is 0 Å². The molecule has 2 rings (SSSR count). The third-order valence-corrected chi connectivity index (χ3v) is 3.55. The molecule has 19 heavy (non-hydrogen) atoms. The lowest BCUT2D eigenvalue weighted by Gasteiger charge is -2.11. The van der Waals surface area contributed by atoms with Gasteiger partial charge in [-0.05, 0) is 24.3 Å². The van der Waals surface area contributed by atoms with Crippen LogP contribution in [0.5, 0.6) is 11.5 Å². The second kappa shape index (κ2) is 6.61. The van der Waals surface area contributed by atoms with Gasteiger partial charge in [-0.15, -0.1) is 0 Å². The van der Waals surface area contributed by atoms with E-state index in [9.17, 15) is 0 Å². The van der Waals surface area contributed by atoms with Crippen LogP contribution in [0.15, 0.2) is 30.5 Å². The average molecular weight is 325 g/mol. The SMILES string of the molecule is COc1ccc(OCCc2ccnn2C)c(CBr)c1. The first-order valence-electron chi connectivity index (χ1n) is 6.07. The summed E-state index contributed by atoms with van der Waals surface area (Å²) in [6.07, 6.45) is 2.64. The molecule has 5 heteroatoms. The van der Waals surface area contributed by atoms with Crippen LogP contribution in [-0.2, 0) is 18.8 Å². The van der Waals surface area contributed by atoms with Gasteiger partial charge in [0.05, 0.1) is 13.7 Å². The Kier molecular flexibility index (Phi) is 4.85. The smallest absolute Gasteiger partial charge is 0.123 e. The molecule has 0 aliphatic rings. The van der Waals surface area contributed by atoms with Crippen molar-refractivity contribution < 1.29 is 9.47 Å². The first-order chi connectivity index (χ1) is 9.24. The molecule has 2 aromatic rings. The van der Waals surface area contributed by atoms with Gasteiger partial charge in [0.2, 0.25) is 0 Å². The molecule has 1 aromatic heterocycles. The third kappa shape index (κ3) is 3.50. The number of methoxy groups -OCH3 is 1. The Morgan fingerprint density at radius 3 is 2.79 bits per heavy atom. The summed E-state index contributed by atoms with van der Waals surface area (Å²) in [7, 11) is 3.60. The molecule has 0 saturated carbocycles. The highest BCUT2D eigenvalue weighted by atomic mass is 79.9. The van der Waals surface area contributed by atoms with E-state index in [2.05, 4.69) is 21.0 Å². The van der Waals surface area contributed by atoms with E-state index in [0.717, 1.165) is 34.5 Å². The van der Waals surface area contributed by atoms with Crippen LogP contribution < -0.4 is 9.47 Å². The van der Waals surface area contributed by atoms with Crippen molar-refractivity contribution in [2.24, 2.45) is 7.05 Å². The number of aryl methyl sites for hydroxylation is 1. The van der Waals surface area contributed by atoms with Crippen molar-refractivity contribution in [2.75, 3.05) is 13.7 Å². The number of hydrogen-bond donors (Lipinski definition) is 0. The molecule has 0 aliphatic heterocycles. The normalized spacial score (nSPS) is 10.5. The van der Waals surface area contributed by atoms with E-state index < -0.39 is 0 Å². The number of benzene rings is 1. The summed E-state index contributed by atoms with van der Waals surface area (Å²) in [5, 5.41) is 4.88. The number of aromatic nitrogens is 2. The lowest BCUT2D eigenvalue weighted by Crippen LogP contribution is -2.06. The molecule has 4 nitrogen and oxygen atoms in total. The van der Waals surface area contributed by atoms with Crippen molar-refractivity contribution in [2.45, 2.75) is 11.8 Å². The average Bonchev–Trinajstić information content (AvgIpc) is 2.84. The van der Waals surface area contributed by atoms with E-state index in [1.54, 1.807) is 13.3 Å². The van der Waals surface area contributed by atoms with Gasteiger partial charge in [-0.2, -0.15) is 5.10 Å². The van der Waals surface area contributed by atoms with Crippen molar-refractivity contribution in [3.05, 3.63) is 41.7 Å². The highest BCUT2D eigenvalue weighted by Crippen LogP contribution is 2.26. The zero-order chi connectivity index (χ0) is 13.7. The fraction of sp³-hybridized carbons (Fsp3) is 0.357. The van der Waals surface area contributed by atoms with Gasteiger partial charge in [-0.25, -0.2) is 0 Å². The molecule has 1 heterocycles. The molecule has 0 fully saturated rings. The fourth-order valence-electron chi connectivity index (χ4n) is 1.84. The number of halogens is 1. The highest BCUT2D eigenvalue weighted by molar-refractivity contribution is 9.08. The Morgan fingerprint density at radius 2 is 2.16 bits per heavy atom. The number of rotatable bonds is 6. The van der Waals surface area contributed by atoms with Crippen LogP contribution in [0.2, 0.25) is 0 Å². The van der Waals surface area contributed by atoms with Gasteiger partial charge in [0.15, 0.2) is 0 Å². The minimum absolute atomic E-state index is 0.631. The molecular weight excluding hydrogens is 308 g/mol. The number of hydrogen-bond acceptors (Lipinski definition) is 3.